The molecule has 0 amide bonds. The van der Waals surface area contributed by atoms with E-state index in [0.29, 0.717) is 16.8 Å². The average molecular weight is 319 g/mol. The van der Waals surface area contributed by atoms with Crippen LogP contribution < -0.4 is 0 Å². The summed E-state index contributed by atoms with van der Waals surface area (Å²) in [6.07, 6.45) is 4.80. The highest BCUT2D eigenvalue weighted by atomic mass is 16.1. The molecule has 3 nitrogen and oxygen atoms in total. The quantitative estimate of drug-likeness (QED) is 0.614. The van der Waals surface area contributed by atoms with Crippen LogP contribution in [0.3, 0.4) is 0 Å². The molecule has 0 atom stereocenters. The van der Waals surface area contributed by atoms with Crippen molar-refractivity contribution in [3.05, 3.63) is 83.6 Å². The monoisotopic (exact) mass is 319 g/mol. The van der Waals surface area contributed by atoms with Crippen LogP contribution in [-0.2, 0) is 0 Å². The van der Waals surface area contributed by atoms with Gasteiger partial charge in [-0.05, 0) is 19.3 Å². The molecule has 0 N–H and O–H groups in total. The maximum absolute atomic E-state index is 12.9. The minimum absolute atomic E-state index is 0.0817. The predicted molar refractivity (Wildman–Crippen MR) is 95.1 cm³/mol. The minimum Gasteiger partial charge on any atom is -0.368 e. The molecule has 1 fully saturated rings. The van der Waals surface area contributed by atoms with Gasteiger partial charge in [-0.3, -0.25) is 9.59 Å². The number of hydrogen-bond acceptors (Lipinski definition) is 3. The van der Waals surface area contributed by atoms with E-state index in [0.717, 1.165) is 25.9 Å². The van der Waals surface area contributed by atoms with Crippen LogP contribution in [0.5, 0.6) is 0 Å². The van der Waals surface area contributed by atoms with Crippen molar-refractivity contribution in [3.63, 3.8) is 0 Å². The molecule has 1 aliphatic rings. The Labute approximate surface area is 142 Å². The molecule has 0 aromatic heterocycles. The Balaban J connectivity index is 1.94. The van der Waals surface area contributed by atoms with E-state index in [4.69, 9.17) is 0 Å². The number of carbonyl (C=O) groups excluding carboxylic acids is 2. The Kier molecular flexibility index (Phi) is 5.22. The van der Waals surface area contributed by atoms with E-state index in [1.807, 2.05) is 36.4 Å². The molecule has 2 aromatic carbocycles. The summed E-state index contributed by atoms with van der Waals surface area (Å²) in [5, 5.41) is 0. The second-order valence-electron chi connectivity index (χ2n) is 6.00. The van der Waals surface area contributed by atoms with Crippen molar-refractivity contribution < 1.29 is 9.59 Å². The van der Waals surface area contributed by atoms with Gasteiger partial charge in [0.1, 0.15) is 0 Å². The lowest BCUT2D eigenvalue weighted by atomic mass is 10.0. The SMILES string of the molecule is O=C(/C=C(\C(=O)c1ccccc1)N1CCCCC1)c1ccccc1. The summed E-state index contributed by atoms with van der Waals surface area (Å²) in [4.78, 5) is 27.6. The lowest BCUT2D eigenvalue weighted by Crippen LogP contribution is -2.33. The molecule has 0 bridgehead atoms. The van der Waals surface area contributed by atoms with Crippen molar-refractivity contribution in [3.8, 4) is 0 Å². The number of Topliss-reactive ketones (excluding diaryl/α,β-unsaturated/α-hetero) is 1. The highest BCUT2D eigenvalue weighted by molar-refractivity contribution is 6.14. The fraction of sp³-hybridized carbons (Fsp3) is 0.238. The smallest absolute Gasteiger partial charge is 0.209 e. The van der Waals surface area contributed by atoms with Crippen LogP contribution >= 0.6 is 0 Å². The van der Waals surface area contributed by atoms with Crippen LogP contribution in [0.25, 0.3) is 0 Å². The molecule has 1 saturated heterocycles. The van der Waals surface area contributed by atoms with Crippen LogP contribution in [0.1, 0.15) is 40.0 Å². The lowest BCUT2D eigenvalue weighted by molar-refractivity contribution is 0.0965. The zero-order valence-electron chi connectivity index (χ0n) is 13.7. The normalized spacial score (nSPS) is 15.2. The van der Waals surface area contributed by atoms with Gasteiger partial charge in [-0.25, -0.2) is 0 Å². The van der Waals surface area contributed by atoms with E-state index in [1.54, 1.807) is 24.3 Å². The number of piperidine rings is 1. The van der Waals surface area contributed by atoms with Gasteiger partial charge in [-0.15, -0.1) is 0 Å². The summed E-state index contributed by atoms with van der Waals surface area (Å²) in [5.41, 5.74) is 1.73. The van der Waals surface area contributed by atoms with Crippen LogP contribution in [0.4, 0.5) is 0 Å². The van der Waals surface area contributed by atoms with E-state index >= 15 is 0 Å². The first-order chi connectivity index (χ1) is 11.8. The molecule has 0 radical (unpaired) electrons. The second-order valence-corrected chi connectivity index (χ2v) is 6.00. The van der Waals surface area contributed by atoms with E-state index in [9.17, 15) is 9.59 Å². The number of rotatable bonds is 5. The van der Waals surface area contributed by atoms with Crippen molar-refractivity contribution in [2.75, 3.05) is 13.1 Å². The van der Waals surface area contributed by atoms with Gasteiger partial charge in [0.15, 0.2) is 5.78 Å². The summed E-state index contributed by atoms with van der Waals surface area (Å²) in [6, 6.07) is 18.3. The molecule has 0 unspecified atom stereocenters. The van der Waals surface area contributed by atoms with E-state index < -0.39 is 0 Å². The third-order valence-corrected chi connectivity index (χ3v) is 4.29. The second kappa shape index (κ2) is 7.73. The maximum Gasteiger partial charge on any atom is 0.209 e. The summed E-state index contributed by atoms with van der Waals surface area (Å²) in [5.74, 6) is -0.206. The molecule has 1 aliphatic heterocycles. The Morgan fingerprint density at radius 3 is 1.88 bits per heavy atom. The van der Waals surface area contributed by atoms with Crippen molar-refractivity contribution in [2.45, 2.75) is 19.3 Å². The molecule has 1 heterocycles. The fourth-order valence-electron chi connectivity index (χ4n) is 2.98. The zero-order valence-corrected chi connectivity index (χ0v) is 13.7. The number of hydrogen-bond donors (Lipinski definition) is 0. The van der Waals surface area contributed by atoms with Gasteiger partial charge in [0.2, 0.25) is 5.78 Å². The Bertz CT molecular complexity index is 729. The molecule has 0 spiro atoms. The van der Waals surface area contributed by atoms with Gasteiger partial charge >= 0.3 is 0 Å². The summed E-state index contributed by atoms with van der Waals surface area (Å²) < 4.78 is 0. The van der Waals surface area contributed by atoms with Crippen LogP contribution in [0, 0.1) is 0 Å². The summed E-state index contributed by atoms with van der Waals surface area (Å²) >= 11 is 0. The van der Waals surface area contributed by atoms with E-state index in [2.05, 4.69) is 4.90 Å². The Morgan fingerprint density at radius 2 is 1.29 bits per heavy atom. The van der Waals surface area contributed by atoms with Crippen molar-refractivity contribution >= 4 is 11.6 Å². The highest BCUT2D eigenvalue weighted by Crippen LogP contribution is 2.19. The maximum atomic E-state index is 12.9. The van der Waals surface area contributed by atoms with Crippen LogP contribution in [0.2, 0.25) is 0 Å². The number of likely N-dealkylation sites (tertiary alicyclic amines) is 1. The molecule has 24 heavy (non-hydrogen) atoms. The number of nitrogens with zero attached hydrogens (tertiary/aromatic N) is 1. The van der Waals surface area contributed by atoms with Crippen LogP contribution in [0.15, 0.2) is 72.4 Å². The van der Waals surface area contributed by atoms with Gasteiger partial charge < -0.3 is 4.90 Å². The van der Waals surface area contributed by atoms with Crippen molar-refractivity contribution in [1.29, 1.82) is 0 Å². The van der Waals surface area contributed by atoms with Gasteiger partial charge in [-0.1, -0.05) is 60.7 Å². The number of ketones is 2. The fourth-order valence-corrected chi connectivity index (χ4v) is 2.98. The molecule has 3 rings (SSSR count). The van der Waals surface area contributed by atoms with Crippen LogP contribution in [-0.4, -0.2) is 29.6 Å². The standard InChI is InChI=1S/C21H21NO2/c23-20(17-10-4-1-5-11-17)16-19(22-14-8-3-9-15-22)21(24)18-12-6-2-7-13-18/h1-2,4-7,10-13,16H,3,8-9,14-15H2/b19-16+. The molecule has 122 valence electrons. The minimum atomic E-state index is -0.125. The first-order valence-corrected chi connectivity index (χ1v) is 8.41. The number of carbonyl (C=O) groups is 2. The first-order valence-electron chi connectivity index (χ1n) is 8.41. The molecular weight excluding hydrogens is 298 g/mol. The molecule has 2 aromatic rings. The molecule has 0 saturated carbocycles. The number of allylic oxidation sites excluding steroid dienone is 2. The van der Waals surface area contributed by atoms with Gasteiger partial charge in [0.25, 0.3) is 0 Å². The molecular formula is C21H21NO2. The average Bonchev–Trinajstić information content (AvgIpc) is 2.67. The van der Waals surface area contributed by atoms with Gasteiger partial charge in [0, 0.05) is 30.3 Å². The molecule has 0 aliphatic carbocycles. The third kappa shape index (κ3) is 3.80. The van der Waals surface area contributed by atoms with Gasteiger partial charge in [-0.2, -0.15) is 0 Å². The lowest BCUT2D eigenvalue weighted by Gasteiger charge is -2.30. The van der Waals surface area contributed by atoms with Crippen molar-refractivity contribution in [1.82, 2.24) is 4.90 Å². The summed E-state index contributed by atoms with van der Waals surface area (Å²) in [6.45, 7) is 1.65. The summed E-state index contributed by atoms with van der Waals surface area (Å²) in [7, 11) is 0. The molecule has 3 heteroatoms. The third-order valence-electron chi connectivity index (χ3n) is 4.29. The topological polar surface area (TPSA) is 37.4 Å². The zero-order chi connectivity index (χ0) is 16.8. The predicted octanol–water partition coefficient (Wildman–Crippen LogP) is 4.12. The van der Waals surface area contributed by atoms with E-state index in [-0.39, 0.29) is 11.6 Å². The first kappa shape index (κ1) is 16.2. The van der Waals surface area contributed by atoms with E-state index in [1.165, 1.54) is 12.5 Å². The Morgan fingerprint density at radius 1 is 0.750 bits per heavy atom. The van der Waals surface area contributed by atoms with Crippen molar-refractivity contribution in [2.24, 2.45) is 0 Å². The number of benzene rings is 2. The highest BCUT2D eigenvalue weighted by Gasteiger charge is 2.22. The Hall–Kier alpha value is -2.68. The van der Waals surface area contributed by atoms with Gasteiger partial charge in [0.05, 0.1) is 5.70 Å². The largest absolute Gasteiger partial charge is 0.368 e.